The van der Waals surface area contributed by atoms with E-state index in [4.69, 9.17) is 9.84 Å². The van der Waals surface area contributed by atoms with Crippen molar-refractivity contribution in [2.24, 2.45) is 5.92 Å². The van der Waals surface area contributed by atoms with E-state index in [2.05, 4.69) is 17.6 Å². The smallest absolute Gasteiger partial charge is 0.326 e. The molecule has 1 fully saturated rings. The molecule has 6 nitrogen and oxygen atoms in total. The molecule has 0 aromatic carbocycles. The van der Waals surface area contributed by atoms with Crippen LogP contribution in [0.1, 0.15) is 39.0 Å². The SMILES string of the molecule is COCCC(NC(=O)NC1CCCC(C)C1)C(=O)O. The zero-order valence-corrected chi connectivity index (χ0v) is 11.6. The van der Waals surface area contributed by atoms with Crippen LogP contribution in [0.15, 0.2) is 0 Å². The van der Waals surface area contributed by atoms with Crippen LogP contribution in [0.3, 0.4) is 0 Å². The maximum Gasteiger partial charge on any atom is 0.326 e. The third-order valence-corrected chi connectivity index (χ3v) is 3.49. The fourth-order valence-electron chi connectivity index (χ4n) is 2.44. The van der Waals surface area contributed by atoms with Crippen LogP contribution in [-0.4, -0.2) is 42.9 Å². The lowest BCUT2D eigenvalue weighted by Gasteiger charge is -2.28. The molecule has 0 aromatic rings. The second-order valence-corrected chi connectivity index (χ2v) is 5.26. The first kappa shape index (κ1) is 15.8. The van der Waals surface area contributed by atoms with Gasteiger partial charge in [0.05, 0.1) is 0 Å². The van der Waals surface area contributed by atoms with Gasteiger partial charge in [-0.15, -0.1) is 0 Å². The molecule has 0 aromatic heterocycles. The molecule has 1 rings (SSSR count). The molecule has 0 heterocycles. The van der Waals surface area contributed by atoms with E-state index in [0.717, 1.165) is 19.3 Å². The predicted molar refractivity (Wildman–Crippen MR) is 71.0 cm³/mol. The maximum atomic E-state index is 11.8. The molecule has 3 N–H and O–H groups in total. The quantitative estimate of drug-likeness (QED) is 0.681. The summed E-state index contributed by atoms with van der Waals surface area (Å²) in [5.74, 6) is -0.424. The Labute approximate surface area is 113 Å². The van der Waals surface area contributed by atoms with Crippen molar-refractivity contribution in [3.8, 4) is 0 Å². The van der Waals surface area contributed by atoms with Gasteiger partial charge in [-0.2, -0.15) is 0 Å². The van der Waals surface area contributed by atoms with E-state index in [1.165, 1.54) is 13.5 Å². The second kappa shape index (κ2) is 7.99. The Morgan fingerprint density at radius 1 is 1.42 bits per heavy atom. The molecule has 6 heteroatoms. The van der Waals surface area contributed by atoms with E-state index in [1.807, 2.05) is 0 Å². The average molecular weight is 272 g/mol. The third kappa shape index (κ3) is 5.92. The number of carboxylic acid groups (broad SMARTS) is 1. The molecule has 0 radical (unpaired) electrons. The number of amides is 2. The van der Waals surface area contributed by atoms with Crippen LogP contribution in [0.25, 0.3) is 0 Å². The highest BCUT2D eigenvalue weighted by Crippen LogP contribution is 2.23. The Bertz CT molecular complexity index is 309. The lowest BCUT2D eigenvalue weighted by atomic mass is 9.87. The Hall–Kier alpha value is -1.30. The van der Waals surface area contributed by atoms with E-state index in [1.54, 1.807) is 0 Å². The van der Waals surface area contributed by atoms with Crippen LogP contribution in [0, 0.1) is 5.92 Å². The van der Waals surface area contributed by atoms with Crippen molar-refractivity contribution in [1.29, 1.82) is 0 Å². The highest BCUT2D eigenvalue weighted by Gasteiger charge is 2.23. The van der Waals surface area contributed by atoms with Crippen molar-refractivity contribution in [2.45, 2.75) is 51.1 Å². The number of carbonyl (C=O) groups is 2. The van der Waals surface area contributed by atoms with Crippen molar-refractivity contribution < 1.29 is 19.4 Å². The molecular weight excluding hydrogens is 248 g/mol. The molecule has 1 aliphatic carbocycles. The standard InChI is InChI=1S/C13H24N2O4/c1-9-4-3-5-10(8-9)14-13(18)15-11(12(16)17)6-7-19-2/h9-11H,3-8H2,1-2H3,(H,16,17)(H2,14,15,18). The summed E-state index contributed by atoms with van der Waals surface area (Å²) in [6.07, 6.45) is 4.50. The predicted octanol–water partition coefficient (Wildman–Crippen LogP) is 1.35. The summed E-state index contributed by atoms with van der Waals surface area (Å²) in [5, 5.41) is 14.3. The number of rotatable bonds is 6. The van der Waals surface area contributed by atoms with Gasteiger partial charge in [0.2, 0.25) is 0 Å². The van der Waals surface area contributed by atoms with Crippen LogP contribution in [-0.2, 0) is 9.53 Å². The van der Waals surface area contributed by atoms with Crippen molar-refractivity contribution in [2.75, 3.05) is 13.7 Å². The Morgan fingerprint density at radius 2 is 2.16 bits per heavy atom. The lowest BCUT2D eigenvalue weighted by molar-refractivity contribution is -0.139. The van der Waals surface area contributed by atoms with Gasteiger partial charge in [0.1, 0.15) is 6.04 Å². The second-order valence-electron chi connectivity index (χ2n) is 5.26. The van der Waals surface area contributed by atoms with Gasteiger partial charge in [0.25, 0.3) is 0 Å². The molecule has 1 saturated carbocycles. The van der Waals surface area contributed by atoms with Crippen molar-refractivity contribution >= 4 is 12.0 Å². The summed E-state index contributed by atoms with van der Waals surface area (Å²) < 4.78 is 4.83. The van der Waals surface area contributed by atoms with Crippen molar-refractivity contribution in [1.82, 2.24) is 10.6 Å². The number of carboxylic acids is 1. The first-order valence-electron chi connectivity index (χ1n) is 6.81. The molecule has 1 aliphatic rings. The summed E-state index contributed by atoms with van der Waals surface area (Å²) in [6, 6.07) is -1.15. The molecule has 0 aliphatic heterocycles. The minimum atomic E-state index is -1.04. The van der Waals surface area contributed by atoms with Crippen molar-refractivity contribution in [3.63, 3.8) is 0 Å². The summed E-state index contributed by atoms with van der Waals surface area (Å²) in [7, 11) is 1.50. The monoisotopic (exact) mass is 272 g/mol. The average Bonchev–Trinajstić information content (AvgIpc) is 2.34. The molecule has 3 unspecified atom stereocenters. The van der Waals surface area contributed by atoms with Gasteiger partial charge >= 0.3 is 12.0 Å². The zero-order valence-electron chi connectivity index (χ0n) is 11.6. The summed E-state index contributed by atoms with van der Waals surface area (Å²) in [6.45, 7) is 2.47. The molecule has 3 atom stereocenters. The van der Waals surface area contributed by atoms with Gasteiger partial charge in [0.15, 0.2) is 0 Å². The molecule has 110 valence electrons. The highest BCUT2D eigenvalue weighted by molar-refractivity contribution is 5.82. The fraction of sp³-hybridized carbons (Fsp3) is 0.846. The number of carbonyl (C=O) groups excluding carboxylic acids is 1. The van der Waals surface area contributed by atoms with Crippen molar-refractivity contribution in [3.05, 3.63) is 0 Å². The molecule has 19 heavy (non-hydrogen) atoms. The van der Waals surface area contributed by atoms with E-state index in [9.17, 15) is 9.59 Å². The van der Waals surface area contributed by atoms with Crippen LogP contribution in [0.4, 0.5) is 4.79 Å². The number of aliphatic carboxylic acids is 1. The van der Waals surface area contributed by atoms with Gasteiger partial charge in [-0.1, -0.05) is 19.8 Å². The van der Waals surface area contributed by atoms with Crippen LogP contribution in [0.2, 0.25) is 0 Å². The Kier molecular flexibility index (Phi) is 6.62. The fourth-order valence-corrected chi connectivity index (χ4v) is 2.44. The van der Waals surface area contributed by atoms with Crippen LogP contribution in [0.5, 0.6) is 0 Å². The molecule has 2 amide bonds. The lowest BCUT2D eigenvalue weighted by Crippen LogP contribution is -2.50. The first-order valence-corrected chi connectivity index (χ1v) is 6.81. The van der Waals surface area contributed by atoms with Gasteiger partial charge in [-0.25, -0.2) is 9.59 Å². The number of ether oxygens (including phenoxy) is 1. The van der Waals surface area contributed by atoms with Gasteiger partial charge < -0.3 is 20.5 Å². The maximum absolute atomic E-state index is 11.8. The Morgan fingerprint density at radius 3 is 2.74 bits per heavy atom. The summed E-state index contributed by atoms with van der Waals surface area (Å²) >= 11 is 0. The van der Waals surface area contributed by atoms with E-state index >= 15 is 0 Å². The van der Waals surface area contributed by atoms with Gasteiger partial charge in [-0.3, -0.25) is 0 Å². The third-order valence-electron chi connectivity index (χ3n) is 3.49. The molecule has 0 bridgehead atoms. The summed E-state index contributed by atoms with van der Waals surface area (Å²) in [5.41, 5.74) is 0. The number of nitrogens with one attached hydrogen (secondary N) is 2. The zero-order chi connectivity index (χ0) is 14.3. The Balaban J connectivity index is 2.37. The number of hydrogen-bond acceptors (Lipinski definition) is 3. The number of methoxy groups -OCH3 is 1. The molecule has 0 saturated heterocycles. The molecule has 0 spiro atoms. The minimum absolute atomic E-state index is 0.153. The number of hydrogen-bond donors (Lipinski definition) is 3. The largest absolute Gasteiger partial charge is 0.480 e. The minimum Gasteiger partial charge on any atom is -0.480 e. The van der Waals surface area contributed by atoms with E-state index < -0.39 is 18.0 Å². The topological polar surface area (TPSA) is 87.7 Å². The van der Waals surface area contributed by atoms with Crippen LogP contribution < -0.4 is 10.6 Å². The number of urea groups is 1. The first-order chi connectivity index (χ1) is 9.02. The molecular formula is C13H24N2O4. The van der Waals surface area contributed by atoms with E-state index in [0.29, 0.717) is 12.5 Å². The normalized spacial score (nSPS) is 24.5. The van der Waals surface area contributed by atoms with Crippen LogP contribution >= 0.6 is 0 Å². The van der Waals surface area contributed by atoms with E-state index in [-0.39, 0.29) is 12.5 Å². The van der Waals surface area contributed by atoms with Gasteiger partial charge in [0, 0.05) is 26.2 Å². The van der Waals surface area contributed by atoms with Gasteiger partial charge in [-0.05, 0) is 18.8 Å². The summed E-state index contributed by atoms with van der Waals surface area (Å²) in [4.78, 5) is 22.8. The highest BCUT2D eigenvalue weighted by atomic mass is 16.5.